The summed E-state index contributed by atoms with van der Waals surface area (Å²) in [6, 6.07) is 58.4. The van der Waals surface area contributed by atoms with E-state index in [9.17, 15) is 0 Å². The molecule has 8 aromatic carbocycles. The minimum Gasteiger partial charge on any atom is -0.208 e. The molecule has 1 aliphatic carbocycles. The summed E-state index contributed by atoms with van der Waals surface area (Å²) in [7, 11) is 0. The second-order valence-corrected chi connectivity index (χ2v) is 14.3. The van der Waals surface area contributed by atoms with Crippen molar-refractivity contribution in [2.24, 2.45) is 0 Å². The van der Waals surface area contributed by atoms with Crippen LogP contribution in [0.1, 0.15) is 0 Å². The molecule has 0 spiro atoms. The van der Waals surface area contributed by atoms with Gasteiger partial charge in [-0.05, 0) is 79.2 Å². The topological polar surface area (TPSA) is 38.7 Å². The first-order chi connectivity index (χ1) is 25.2. The van der Waals surface area contributed by atoms with Crippen molar-refractivity contribution in [2.75, 3.05) is 0 Å². The molecule has 0 unspecified atom stereocenters. The Bertz CT molecular complexity index is 3020. The van der Waals surface area contributed by atoms with Gasteiger partial charge in [0.2, 0.25) is 0 Å². The Balaban J connectivity index is 1.08. The first kappa shape index (κ1) is 28.4. The molecule has 51 heavy (non-hydrogen) atoms. The van der Waals surface area contributed by atoms with Crippen molar-refractivity contribution in [2.45, 2.75) is 0 Å². The molecule has 0 N–H and O–H groups in total. The maximum absolute atomic E-state index is 5.14. The first-order valence-electron chi connectivity index (χ1n) is 17.2. The molecule has 11 rings (SSSR count). The highest BCUT2D eigenvalue weighted by Crippen LogP contribution is 2.51. The van der Waals surface area contributed by atoms with Crippen molar-refractivity contribution in [1.82, 2.24) is 15.0 Å². The van der Waals surface area contributed by atoms with E-state index in [-0.39, 0.29) is 0 Å². The fraction of sp³-hybridized carbons (Fsp3) is 0. The average Bonchev–Trinajstić information content (AvgIpc) is 3.74. The van der Waals surface area contributed by atoms with E-state index < -0.39 is 0 Å². The van der Waals surface area contributed by atoms with Crippen LogP contribution in [0, 0.1) is 0 Å². The molecule has 0 amide bonds. The molecule has 4 heteroatoms. The predicted octanol–water partition coefficient (Wildman–Crippen LogP) is 12.9. The van der Waals surface area contributed by atoms with Crippen molar-refractivity contribution in [3.63, 3.8) is 0 Å². The number of aromatic nitrogens is 3. The molecule has 3 nitrogen and oxygen atoms in total. The summed E-state index contributed by atoms with van der Waals surface area (Å²) in [4.78, 5) is 15.2. The highest BCUT2D eigenvalue weighted by molar-refractivity contribution is 7.26. The standard InChI is InChI=1S/C47H27N3S/c1-3-10-28(11-4-1)31-20-18-29-19-21-32(25-34(29)24-31)46-48-45(30-12-5-2-6-13-30)49-47(50-46)33-22-23-38-41(26-33)51-42-27-40-36-15-8-7-14-35(36)37-16-9-17-39(43(37)40)44(38)42/h1-27H. The van der Waals surface area contributed by atoms with Gasteiger partial charge < -0.3 is 0 Å². The minimum atomic E-state index is 0.659. The zero-order valence-corrected chi connectivity index (χ0v) is 28.2. The molecule has 0 fully saturated rings. The van der Waals surface area contributed by atoms with Gasteiger partial charge in [-0.25, -0.2) is 15.0 Å². The van der Waals surface area contributed by atoms with E-state index in [2.05, 4.69) is 146 Å². The highest BCUT2D eigenvalue weighted by atomic mass is 32.1. The minimum absolute atomic E-state index is 0.659. The molecule has 2 heterocycles. The van der Waals surface area contributed by atoms with Crippen molar-refractivity contribution < 1.29 is 0 Å². The molecule has 0 bridgehead atoms. The zero-order valence-electron chi connectivity index (χ0n) is 27.3. The molecular formula is C47H27N3S. The summed E-state index contributed by atoms with van der Waals surface area (Å²) in [6.45, 7) is 0. The largest absolute Gasteiger partial charge is 0.208 e. The fourth-order valence-electron chi connectivity index (χ4n) is 7.82. The number of hydrogen-bond donors (Lipinski definition) is 0. The first-order valence-corrected chi connectivity index (χ1v) is 18.0. The molecule has 2 aromatic heterocycles. The van der Waals surface area contributed by atoms with Crippen LogP contribution in [0.2, 0.25) is 0 Å². The smallest absolute Gasteiger partial charge is 0.164 e. The highest BCUT2D eigenvalue weighted by Gasteiger charge is 2.24. The Morgan fingerprint density at radius 1 is 0.314 bits per heavy atom. The average molecular weight is 666 g/mol. The lowest BCUT2D eigenvalue weighted by molar-refractivity contribution is 1.08. The van der Waals surface area contributed by atoms with Crippen molar-refractivity contribution in [3.05, 3.63) is 164 Å². The lowest BCUT2D eigenvalue weighted by Gasteiger charge is -2.10. The monoisotopic (exact) mass is 665 g/mol. The molecule has 0 saturated carbocycles. The summed E-state index contributed by atoms with van der Waals surface area (Å²) in [5, 5.41) is 7.58. The number of thiophene rings is 1. The van der Waals surface area contributed by atoms with E-state index in [1.165, 1.54) is 69.7 Å². The Morgan fingerprint density at radius 3 is 1.67 bits per heavy atom. The van der Waals surface area contributed by atoms with E-state index >= 15 is 0 Å². The molecule has 10 aromatic rings. The zero-order chi connectivity index (χ0) is 33.5. The van der Waals surface area contributed by atoms with Crippen LogP contribution < -0.4 is 0 Å². The van der Waals surface area contributed by atoms with E-state index in [1.807, 2.05) is 29.5 Å². The van der Waals surface area contributed by atoms with Gasteiger partial charge in [-0.1, -0.05) is 140 Å². The van der Waals surface area contributed by atoms with Gasteiger partial charge in [0.1, 0.15) is 0 Å². The van der Waals surface area contributed by atoms with Gasteiger partial charge in [-0.15, -0.1) is 11.3 Å². The molecule has 0 atom stereocenters. The van der Waals surface area contributed by atoms with Crippen LogP contribution in [-0.2, 0) is 0 Å². The van der Waals surface area contributed by atoms with Crippen LogP contribution in [-0.4, -0.2) is 15.0 Å². The van der Waals surface area contributed by atoms with Gasteiger partial charge in [-0.3, -0.25) is 0 Å². The fourth-order valence-corrected chi connectivity index (χ4v) is 9.03. The van der Waals surface area contributed by atoms with Gasteiger partial charge in [0.25, 0.3) is 0 Å². The molecular weight excluding hydrogens is 639 g/mol. The maximum atomic E-state index is 5.14. The summed E-state index contributed by atoms with van der Waals surface area (Å²) in [5.74, 6) is 1.99. The lowest BCUT2D eigenvalue weighted by Crippen LogP contribution is -2.00. The van der Waals surface area contributed by atoms with Crippen LogP contribution in [0.3, 0.4) is 0 Å². The normalized spacial score (nSPS) is 11.9. The van der Waals surface area contributed by atoms with E-state index in [4.69, 9.17) is 15.0 Å². The third-order valence-corrected chi connectivity index (χ3v) is 11.3. The summed E-state index contributed by atoms with van der Waals surface area (Å²) < 4.78 is 2.52. The maximum Gasteiger partial charge on any atom is 0.164 e. The Labute approximate surface area is 298 Å². The van der Waals surface area contributed by atoms with Gasteiger partial charge in [0, 0.05) is 36.9 Å². The van der Waals surface area contributed by atoms with Crippen LogP contribution in [0.15, 0.2) is 164 Å². The molecule has 0 saturated heterocycles. The SMILES string of the molecule is c1ccc(-c2ccc3ccc(-c4nc(-c5ccccc5)nc(-c5ccc6c(c5)sc5cc7c8c(cccc8c56)-c5ccccc5-7)n4)cc3c2)cc1. The van der Waals surface area contributed by atoms with Crippen molar-refractivity contribution in [3.8, 4) is 67.5 Å². The second-order valence-electron chi connectivity index (χ2n) is 13.2. The van der Waals surface area contributed by atoms with Crippen LogP contribution in [0.25, 0.3) is 109 Å². The number of nitrogens with zero attached hydrogens (tertiary/aromatic N) is 3. The summed E-state index contributed by atoms with van der Waals surface area (Å²) in [6.07, 6.45) is 0. The molecule has 236 valence electrons. The number of fused-ring (bicyclic) bond motifs is 8. The Morgan fingerprint density at radius 2 is 0.902 bits per heavy atom. The van der Waals surface area contributed by atoms with E-state index in [1.54, 1.807) is 0 Å². The Hall–Kier alpha value is -6.49. The van der Waals surface area contributed by atoms with Crippen molar-refractivity contribution in [1.29, 1.82) is 0 Å². The third kappa shape index (κ3) is 4.47. The van der Waals surface area contributed by atoms with Gasteiger partial charge in [0.05, 0.1) is 0 Å². The third-order valence-electron chi connectivity index (χ3n) is 10.2. The molecule has 0 radical (unpaired) electrons. The van der Waals surface area contributed by atoms with Crippen molar-refractivity contribution >= 4 is 53.1 Å². The van der Waals surface area contributed by atoms with E-state index in [0.29, 0.717) is 17.5 Å². The van der Waals surface area contributed by atoms with Gasteiger partial charge >= 0.3 is 0 Å². The van der Waals surface area contributed by atoms with Crippen LogP contribution >= 0.6 is 11.3 Å². The number of rotatable bonds is 4. The lowest BCUT2D eigenvalue weighted by atomic mass is 9.98. The summed E-state index contributed by atoms with van der Waals surface area (Å²) >= 11 is 1.84. The quantitative estimate of drug-likeness (QED) is 0.188. The van der Waals surface area contributed by atoms with Gasteiger partial charge in [0.15, 0.2) is 17.5 Å². The number of benzene rings is 8. The van der Waals surface area contributed by atoms with E-state index in [0.717, 1.165) is 22.1 Å². The van der Waals surface area contributed by atoms with Gasteiger partial charge in [-0.2, -0.15) is 0 Å². The summed E-state index contributed by atoms with van der Waals surface area (Å²) in [5.41, 5.74) is 10.6. The second kappa shape index (κ2) is 11.0. The molecule has 0 aliphatic heterocycles. The van der Waals surface area contributed by atoms with Crippen LogP contribution in [0.5, 0.6) is 0 Å². The van der Waals surface area contributed by atoms with Crippen LogP contribution in [0.4, 0.5) is 0 Å². The predicted molar refractivity (Wildman–Crippen MR) is 214 cm³/mol. The number of hydrogen-bond acceptors (Lipinski definition) is 4. The Kier molecular flexibility index (Phi) is 6.12. The molecule has 1 aliphatic rings.